The van der Waals surface area contributed by atoms with Gasteiger partial charge in [-0.3, -0.25) is 30.3 Å². The number of aliphatic hydroxyl groups excluding tert-OH is 2. The van der Waals surface area contributed by atoms with Gasteiger partial charge in [-0.25, -0.2) is 9.38 Å². The van der Waals surface area contributed by atoms with Gasteiger partial charge in [0.2, 0.25) is 11.8 Å². The van der Waals surface area contributed by atoms with Crippen LogP contribution in [0.2, 0.25) is 0 Å². The Morgan fingerprint density at radius 2 is 1.77 bits per heavy atom. The van der Waals surface area contributed by atoms with E-state index in [1.165, 1.54) is 12.2 Å². The van der Waals surface area contributed by atoms with Crippen LogP contribution < -0.4 is 43.8 Å². The quantitative estimate of drug-likeness (QED) is 0.0465. The van der Waals surface area contributed by atoms with Gasteiger partial charge in [0.25, 0.3) is 0 Å². The predicted octanol–water partition coefficient (Wildman–Crippen LogP) is -1.10. The number of aliphatic carboxylic acids is 1. The maximum absolute atomic E-state index is 13.2. The maximum atomic E-state index is 13.2. The first kappa shape index (κ1) is 42.9. The number of nitrogens with one attached hydrogen (secondary N) is 5. The van der Waals surface area contributed by atoms with Crippen LogP contribution >= 0.6 is 0 Å². The van der Waals surface area contributed by atoms with Gasteiger partial charge in [-0.2, -0.15) is 0 Å². The number of nitrogens with two attached hydrogens (primary N) is 3. The summed E-state index contributed by atoms with van der Waals surface area (Å²) in [6.07, 6.45) is 9.36. The van der Waals surface area contributed by atoms with E-state index in [9.17, 15) is 39.2 Å². The zero-order valence-corrected chi connectivity index (χ0v) is 30.0. The van der Waals surface area contributed by atoms with Crippen LogP contribution in [0, 0.1) is 23.7 Å². The van der Waals surface area contributed by atoms with Crippen LogP contribution in [-0.4, -0.2) is 107 Å². The van der Waals surface area contributed by atoms with Crippen LogP contribution in [0.1, 0.15) is 58.8 Å². The number of carboxylic acid groups (broad SMARTS) is 1. The molecule has 0 aromatic rings. The van der Waals surface area contributed by atoms with Crippen molar-refractivity contribution >= 4 is 23.7 Å². The van der Waals surface area contributed by atoms with Crippen LogP contribution in [0.4, 0.5) is 4.39 Å². The number of carboxylic acids is 1. The largest absolute Gasteiger partial charge is 0.480 e. The van der Waals surface area contributed by atoms with Crippen molar-refractivity contribution in [1.82, 2.24) is 26.6 Å². The van der Waals surface area contributed by atoms with Crippen LogP contribution in [0.15, 0.2) is 52.8 Å². The Kier molecular flexibility index (Phi) is 17.5. The molecule has 52 heavy (non-hydrogen) atoms. The average molecular weight is 736 g/mol. The lowest BCUT2D eigenvalue weighted by Crippen LogP contribution is -2.60. The summed E-state index contributed by atoms with van der Waals surface area (Å²) in [6, 6.07) is -2.72. The smallest absolute Gasteiger partial charge is 0.320 e. The molecule has 10 unspecified atom stereocenters. The van der Waals surface area contributed by atoms with E-state index in [-0.39, 0.29) is 60.9 Å². The molecule has 0 spiro atoms. The van der Waals surface area contributed by atoms with E-state index >= 15 is 0 Å². The lowest BCUT2D eigenvalue weighted by atomic mass is 9.76. The molecule has 1 aliphatic heterocycles. The summed E-state index contributed by atoms with van der Waals surface area (Å²) in [5, 5.41) is 55.7. The number of hydrogen-bond donors (Lipinski definition) is 12. The Bertz CT molecular complexity index is 1360. The summed E-state index contributed by atoms with van der Waals surface area (Å²) in [6.45, 7) is 5.04. The van der Waals surface area contributed by atoms with Crippen molar-refractivity contribution in [2.24, 2.45) is 45.9 Å². The molecule has 1 heterocycles. The van der Waals surface area contributed by atoms with Gasteiger partial charge in [-0.05, 0) is 74.0 Å². The fourth-order valence-corrected chi connectivity index (χ4v) is 6.92. The molecule has 15 N–H and O–H groups in total. The fraction of sp³-hybridized carbons (Fsp3) is 0.657. The number of amides is 2. The number of halogens is 1. The molecule has 0 saturated carbocycles. The van der Waals surface area contributed by atoms with E-state index in [0.29, 0.717) is 50.8 Å². The second-order valence-corrected chi connectivity index (χ2v) is 13.8. The molecule has 17 heteroatoms. The Hall–Kier alpha value is -3.55. The fourth-order valence-electron chi connectivity index (χ4n) is 6.92. The zero-order valence-electron chi connectivity index (χ0n) is 30.0. The van der Waals surface area contributed by atoms with Gasteiger partial charge >= 0.3 is 5.97 Å². The van der Waals surface area contributed by atoms with Gasteiger partial charge in [-0.15, -0.1) is 0 Å². The molecule has 3 rings (SSSR count). The van der Waals surface area contributed by atoms with Crippen LogP contribution in [0.3, 0.4) is 0 Å². The number of guanidine groups is 1. The van der Waals surface area contributed by atoms with Crippen molar-refractivity contribution < 1.29 is 39.2 Å². The second kappa shape index (κ2) is 21.2. The summed E-state index contributed by atoms with van der Waals surface area (Å²) in [4.78, 5) is 40.6. The lowest BCUT2D eigenvalue weighted by molar-refractivity contribution is -0.140. The molecule has 0 fully saturated rings. The van der Waals surface area contributed by atoms with E-state index in [1.54, 1.807) is 12.2 Å². The van der Waals surface area contributed by atoms with E-state index in [2.05, 4.69) is 31.6 Å². The number of hydrogen-bond acceptors (Lipinski definition) is 13. The third-order valence-electron chi connectivity index (χ3n) is 10.0. The van der Waals surface area contributed by atoms with E-state index in [4.69, 9.17) is 17.2 Å². The molecule has 0 saturated heterocycles. The van der Waals surface area contributed by atoms with Gasteiger partial charge in [-0.1, -0.05) is 44.6 Å². The van der Waals surface area contributed by atoms with Crippen molar-refractivity contribution in [1.29, 1.82) is 0 Å². The van der Waals surface area contributed by atoms with Gasteiger partial charge in [0.15, 0.2) is 12.2 Å². The number of aliphatic imine (C=N–C) groups is 1. The normalized spacial score (nSPS) is 25.2. The summed E-state index contributed by atoms with van der Waals surface area (Å²) >= 11 is 0. The van der Waals surface area contributed by atoms with Crippen molar-refractivity contribution in [2.75, 3.05) is 19.6 Å². The molecule has 16 nitrogen and oxygen atoms in total. The Morgan fingerprint density at radius 3 is 2.38 bits per heavy atom. The van der Waals surface area contributed by atoms with E-state index in [0.717, 1.165) is 0 Å². The molecule has 292 valence electrons. The summed E-state index contributed by atoms with van der Waals surface area (Å²) in [5.74, 6) is -3.10. The first-order valence-electron chi connectivity index (χ1n) is 18.0. The molecule has 0 aromatic carbocycles. The van der Waals surface area contributed by atoms with Gasteiger partial charge in [0, 0.05) is 31.6 Å². The third-order valence-corrected chi connectivity index (χ3v) is 10.0. The minimum atomic E-state index is -1.64. The van der Waals surface area contributed by atoms with Crippen LogP contribution in [0.5, 0.6) is 0 Å². The van der Waals surface area contributed by atoms with Gasteiger partial charge in [0.1, 0.15) is 30.3 Å². The minimum Gasteiger partial charge on any atom is -0.480 e. The van der Waals surface area contributed by atoms with Gasteiger partial charge in [0.05, 0.1) is 6.04 Å². The Balaban J connectivity index is 1.42. The molecule has 3 aliphatic rings. The van der Waals surface area contributed by atoms with Gasteiger partial charge < -0.3 is 48.3 Å². The molecule has 0 aromatic heterocycles. The van der Waals surface area contributed by atoms with Crippen LogP contribution in [-0.2, 0) is 14.4 Å². The number of carbonyl (C=O) groups is 3. The van der Waals surface area contributed by atoms with Crippen LogP contribution in [0.25, 0.3) is 0 Å². The highest BCUT2D eigenvalue weighted by Gasteiger charge is 2.32. The summed E-state index contributed by atoms with van der Waals surface area (Å²) < 4.78 is 13.2. The zero-order chi connectivity index (χ0) is 38.4. The number of carbonyl (C=O) groups excluding carboxylic acids is 2. The van der Waals surface area contributed by atoms with Crippen molar-refractivity contribution in [2.45, 2.75) is 102 Å². The topological polar surface area (TPSA) is 283 Å². The lowest BCUT2D eigenvalue weighted by Gasteiger charge is -2.33. The SMILES string of the molecule is CCC(C(C)CCC(NC(O)C1=CCC(NCCNC2N=C(N)NC(=O)C2N)C=C1)C(=O)O)C(CCNC(=O)C(N)CC1C=CC(F)=CC1)C(O)O. The highest BCUT2D eigenvalue weighted by Crippen LogP contribution is 2.32. The molecular weight excluding hydrogens is 677 g/mol. The van der Waals surface area contributed by atoms with Crippen molar-refractivity contribution in [3.63, 3.8) is 0 Å². The summed E-state index contributed by atoms with van der Waals surface area (Å²) in [5.41, 5.74) is 18.1. The highest BCUT2D eigenvalue weighted by molar-refractivity contribution is 6.01. The maximum Gasteiger partial charge on any atom is 0.320 e. The highest BCUT2D eigenvalue weighted by atomic mass is 19.1. The standard InChI is InChI=1S/C35H58FN9O7/c1-3-24(25(33(49)50)14-15-42-31(47)26(37)18-20-5-9-22(36)10-6-20)19(2)4-13-27(34(51)52)43-30(46)21-7-11-23(12-8-21)40-16-17-41-29-28(38)32(48)45-35(39)44-29/h5,7-11,19-20,23-30,33,40-41,43,46,49-50H,3-4,6,12-18,37-38H2,1-2H3,(H,42,47)(H,51,52)(H3,39,44,45,48). The molecule has 0 bridgehead atoms. The van der Waals surface area contributed by atoms with Crippen molar-refractivity contribution in [3.8, 4) is 0 Å². The molecule has 0 radical (unpaired) electrons. The first-order chi connectivity index (χ1) is 24.7. The average Bonchev–Trinajstić information content (AvgIpc) is 3.10. The third kappa shape index (κ3) is 13.5. The molecular formula is C35H58FN9O7. The molecule has 10 atom stereocenters. The first-order valence-corrected chi connectivity index (χ1v) is 18.0. The predicted molar refractivity (Wildman–Crippen MR) is 194 cm³/mol. The number of allylic oxidation sites excluding steroid dienone is 4. The monoisotopic (exact) mass is 735 g/mol. The number of nitrogens with zero attached hydrogens (tertiary/aromatic N) is 1. The number of aliphatic hydroxyl groups is 3. The second-order valence-electron chi connectivity index (χ2n) is 13.8. The van der Waals surface area contributed by atoms with Crippen molar-refractivity contribution in [3.05, 3.63) is 47.9 Å². The Morgan fingerprint density at radius 1 is 1.04 bits per heavy atom. The Labute approximate surface area is 304 Å². The molecule has 2 amide bonds. The molecule has 2 aliphatic carbocycles. The summed E-state index contributed by atoms with van der Waals surface area (Å²) in [7, 11) is 0. The van der Waals surface area contributed by atoms with E-state index in [1.807, 2.05) is 26.0 Å². The minimum absolute atomic E-state index is 0.0108. The van der Waals surface area contributed by atoms with E-state index < -0.39 is 54.6 Å². The number of rotatable bonds is 22.